The first kappa shape index (κ1) is 19.7. The summed E-state index contributed by atoms with van der Waals surface area (Å²) in [6, 6.07) is 16.1. The summed E-state index contributed by atoms with van der Waals surface area (Å²) in [6.07, 6.45) is 12.3. The fourth-order valence-electron chi connectivity index (χ4n) is 4.44. The fourth-order valence-corrected chi connectivity index (χ4v) is 4.44. The number of benzene rings is 2. The van der Waals surface area contributed by atoms with Crippen molar-refractivity contribution in [2.75, 3.05) is 0 Å². The van der Waals surface area contributed by atoms with Gasteiger partial charge >= 0.3 is 5.97 Å². The van der Waals surface area contributed by atoms with Crippen molar-refractivity contribution in [3.05, 3.63) is 59.7 Å². The smallest absolute Gasteiger partial charge is 0.335 e. The monoisotopic (exact) mass is 364 g/mol. The van der Waals surface area contributed by atoms with Gasteiger partial charge in [-0.2, -0.15) is 0 Å². The number of carbonyl (C=O) groups is 1. The predicted octanol–water partition coefficient (Wildman–Crippen LogP) is 7.30. The zero-order valence-corrected chi connectivity index (χ0v) is 16.5. The number of carboxylic acid groups (broad SMARTS) is 1. The molecule has 1 aliphatic carbocycles. The summed E-state index contributed by atoms with van der Waals surface area (Å²) in [5.74, 6) is 0.761. The Labute approximate surface area is 163 Å². The number of hydrogen-bond donors (Lipinski definition) is 1. The van der Waals surface area contributed by atoms with Gasteiger partial charge in [0.25, 0.3) is 0 Å². The van der Waals surface area contributed by atoms with E-state index in [0.717, 1.165) is 17.0 Å². The summed E-state index contributed by atoms with van der Waals surface area (Å²) in [4.78, 5) is 11.0. The van der Waals surface area contributed by atoms with Crippen LogP contribution in [0.1, 0.15) is 86.6 Å². The molecule has 0 bridgehead atoms. The fraction of sp³-hybridized carbons (Fsp3) is 0.480. The SMILES string of the molecule is CCCCCC1CCCC(c2ccc(-c3ccc(C(=O)O)cc3)cc2)CC1. The molecule has 2 unspecified atom stereocenters. The molecule has 0 aromatic heterocycles. The second kappa shape index (κ2) is 9.73. The van der Waals surface area contributed by atoms with Crippen LogP contribution in [0.4, 0.5) is 0 Å². The lowest BCUT2D eigenvalue weighted by atomic mass is 9.89. The number of unbranched alkanes of at least 4 members (excludes halogenated alkanes) is 2. The topological polar surface area (TPSA) is 37.3 Å². The predicted molar refractivity (Wildman–Crippen MR) is 112 cm³/mol. The third kappa shape index (κ3) is 5.45. The Hall–Kier alpha value is -2.09. The molecule has 1 fully saturated rings. The number of hydrogen-bond acceptors (Lipinski definition) is 1. The van der Waals surface area contributed by atoms with Gasteiger partial charge in [-0.3, -0.25) is 0 Å². The van der Waals surface area contributed by atoms with Crippen molar-refractivity contribution >= 4 is 5.97 Å². The van der Waals surface area contributed by atoms with E-state index in [4.69, 9.17) is 5.11 Å². The van der Waals surface area contributed by atoms with Gasteiger partial charge in [-0.05, 0) is 59.9 Å². The van der Waals surface area contributed by atoms with E-state index in [9.17, 15) is 4.79 Å². The molecule has 2 nitrogen and oxygen atoms in total. The highest BCUT2D eigenvalue weighted by molar-refractivity contribution is 5.88. The Morgan fingerprint density at radius 1 is 0.889 bits per heavy atom. The molecule has 1 N–H and O–H groups in total. The molecule has 0 heterocycles. The maximum atomic E-state index is 11.0. The Kier molecular flexibility index (Phi) is 7.09. The van der Waals surface area contributed by atoms with Crippen molar-refractivity contribution in [1.82, 2.24) is 0 Å². The molecule has 0 aliphatic heterocycles. The first-order valence-corrected chi connectivity index (χ1v) is 10.6. The minimum atomic E-state index is -0.877. The van der Waals surface area contributed by atoms with Crippen molar-refractivity contribution < 1.29 is 9.90 Å². The molecule has 0 radical (unpaired) electrons. The second-order valence-corrected chi connectivity index (χ2v) is 8.07. The molecule has 0 saturated heterocycles. The van der Waals surface area contributed by atoms with Gasteiger partial charge in [0, 0.05) is 0 Å². The number of aromatic carboxylic acids is 1. The van der Waals surface area contributed by atoms with Gasteiger partial charge in [-0.25, -0.2) is 4.79 Å². The molecule has 2 aromatic carbocycles. The van der Waals surface area contributed by atoms with Crippen molar-refractivity contribution in [3.8, 4) is 11.1 Å². The number of carboxylic acids is 1. The minimum Gasteiger partial charge on any atom is -0.478 e. The van der Waals surface area contributed by atoms with E-state index < -0.39 is 5.97 Å². The van der Waals surface area contributed by atoms with Crippen LogP contribution < -0.4 is 0 Å². The van der Waals surface area contributed by atoms with Crippen LogP contribution in [-0.2, 0) is 0 Å². The van der Waals surface area contributed by atoms with Gasteiger partial charge in [-0.15, -0.1) is 0 Å². The molecular formula is C25H32O2. The summed E-state index contributed by atoms with van der Waals surface area (Å²) in [7, 11) is 0. The lowest BCUT2D eigenvalue weighted by molar-refractivity contribution is 0.0697. The van der Waals surface area contributed by atoms with Gasteiger partial charge in [0.05, 0.1) is 5.56 Å². The van der Waals surface area contributed by atoms with Gasteiger partial charge < -0.3 is 5.11 Å². The Morgan fingerprint density at radius 2 is 1.56 bits per heavy atom. The van der Waals surface area contributed by atoms with Crippen molar-refractivity contribution in [2.45, 2.75) is 70.6 Å². The first-order chi connectivity index (χ1) is 13.2. The molecule has 2 atom stereocenters. The van der Waals surface area contributed by atoms with Crippen LogP contribution in [0.15, 0.2) is 48.5 Å². The van der Waals surface area contributed by atoms with Crippen LogP contribution in [0.5, 0.6) is 0 Å². The van der Waals surface area contributed by atoms with Gasteiger partial charge in [0.2, 0.25) is 0 Å². The van der Waals surface area contributed by atoms with E-state index >= 15 is 0 Å². The minimum absolute atomic E-state index is 0.335. The Morgan fingerprint density at radius 3 is 2.19 bits per heavy atom. The third-order valence-electron chi connectivity index (χ3n) is 6.15. The van der Waals surface area contributed by atoms with E-state index in [2.05, 4.69) is 31.2 Å². The average Bonchev–Trinajstić information content (AvgIpc) is 2.94. The van der Waals surface area contributed by atoms with E-state index in [1.807, 2.05) is 12.1 Å². The van der Waals surface area contributed by atoms with E-state index in [1.54, 1.807) is 12.1 Å². The van der Waals surface area contributed by atoms with Crippen molar-refractivity contribution in [1.29, 1.82) is 0 Å². The van der Waals surface area contributed by atoms with E-state index in [1.165, 1.54) is 63.4 Å². The molecule has 144 valence electrons. The van der Waals surface area contributed by atoms with Crippen molar-refractivity contribution in [2.24, 2.45) is 5.92 Å². The molecule has 2 heteroatoms. The standard InChI is InChI=1S/C25H32O2/c1-2-3-4-6-19-7-5-8-20(10-9-19)21-11-13-22(14-12-21)23-15-17-24(18-16-23)25(26)27/h11-20H,2-10H2,1H3,(H,26,27). The molecule has 27 heavy (non-hydrogen) atoms. The highest BCUT2D eigenvalue weighted by Crippen LogP contribution is 2.36. The molecule has 0 spiro atoms. The summed E-state index contributed by atoms with van der Waals surface area (Å²) in [6.45, 7) is 2.29. The van der Waals surface area contributed by atoms with Crippen molar-refractivity contribution in [3.63, 3.8) is 0 Å². The van der Waals surface area contributed by atoms with E-state index in [0.29, 0.717) is 11.5 Å². The second-order valence-electron chi connectivity index (χ2n) is 8.07. The van der Waals surface area contributed by atoms with Crippen LogP contribution in [0, 0.1) is 5.92 Å². The average molecular weight is 365 g/mol. The maximum absolute atomic E-state index is 11.0. The lowest BCUT2D eigenvalue weighted by Gasteiger charge is -2.16. The Bertz CT molecular complexity index is 715. The highest BCUT2D eigenvalue weighted by Gasteiger charge is 2.20. The van der Waals surface area contributed by atoms with Crippen LogP contribution in [0.2, 0.25) is 0 Å². The summed E-state index contributed by atoms with van der Waals surface area (Å²) < 4.78 is 0. The highest BCUT2D eigenvalue weighted by atomic mass is 16.4. The first-order valence-electron chi connectivity index (χ1n) is 10.6. The largest absolute Gasteiger partial charge is 0.478 e. The van der Waals surface area contributed by atoms with Crippen LogP contribution in [0.3, 0.4) is 0 Å². The summed E-state index contributed by atoms with van der Waals surface area (Å²) in [5, 5.41) is 9.03. The molecule has 0 amide bonds. The quantitative estimate of drug-likeness (QED) is 0.413. The van der Waals surface area contributed by atoms with Crippen LogP contribution >= 0.6 is 0 Å². The van der Waals surface area contributed by atoms with Crippen LogP contribution in [0.25, 0.3) is 11.1 Å². The lowest BCUT2D eigenvalue weighted by Crippen LogP contribution is -2.00. The molecule has 3 rings (SSSR count). The van der Waals surface area contributed by atoms with E-state index in [-0.39, 0.29) is 0 Å². The van der Waals surface area contributed by atoms with Crippen LogP contribution in [-0.4, -0.2) is 11.1 Å². The Balaban J connectivity index is 1.60. The normalized spacial score (nSPS) is 20.2. The summed E-state index contributed by atoms with van der Waals surface area (Å²) >= 11 is 0. The molecule has 1 aliphatic rings. The van der Waals surface area contributed by atoms with Gasteiger partial charge in [0.1, 0.15) is 0 Å². The summed E-state index contributed by atoms with van der Waals surface area (Å²) in [5.41, 5.74) is 4.03. The number of rotatable bonds is 7. The maximum Gasteiger partial charge on any atom is 0.335 e. The van der Waals surface area contributed by atoms with Gasteiger partial charge in [0.15, 0.2) is 0 Å². The van der Waals surface area contributed by atoms with Gasteiger partial charge in [-0.1, -0.05) is 81.8 Å². The molecule has 2 aromatic rings. The molecule has 1 saturated carbocycles. The third-order valence-corrected chi connectivity index (χ3v) is 6.15. The zero-order valence-electron chi connectivity index (χ0n) is 16.5. The molecular weight excluding hydrogens is 332 g/mol. The zero-order chi connectivity index (χ0) is 19.1.